The molecular weight excluding hydrogens is 222 g/mol. The Labute approximate surface area is 97.0 Å². The molecule has 0 spiro atoms. The van der Waals surface area contributed by atoms with Gasteiger partial charge in [-0.3, -0.25) is 10.1 Å². The number of hydrogen-bond donors (Lipinski definition) is 2. The third kappa shape index (κ3) is 2.39. The lowest BCUT2D eigenvalue weighted by Gasteiger charge is -1.95. The van der Waals surface area contributed by atoms with E-state index in [0.717, 1.165) is 0 Å². The van der Waals surface area contributed by atoms with Crippen LogP contribution in [0.2, 0.25) is 0 Å². The van der Waals surface area contributed by atoms with Crippen molar-refractivity contribution in [3.05, 3.63) is 24.2 Å². The van der Waals surface area contributed by atoms with Gasteiger partial charge >= 0.3 is 5.97 Å². The van der Waals surface area contributed by atoms with E-state index in [2.05, 4.69) is 20.2 Å². The largest absolute Gasteiger partial charge is 0.460 e. The molecule has 7 heteroatoms. The number of rotatable bonds is 3. The zero-order valence-electron chi connectivity index (χ0n) is 9.17. The Hall–Kier alpha value is -2.44. The van der Waals surface area contributed by atoms with Gasteiger partial charge in [0.2, 0.25) is 5.82 Å². The van der Waals surface area contributed by atoms with Crippen molar-refractivity contribution in [1.29, 1.82) is 0 Å². The Morgan fingerprint density at radius 2 is 2.35 bits per heavy atom. The number of pyridine rings is 1. The van der Waals surface area contributed by atoms with Crippen molar-refractivity contribution in [1.82, 2.24) is 20.2 Å². The van der Waals surface area contributed by atoms with Gasteiger partial charge in [-0.2, -0.15) is 10.1 Å². The number of aromatic nitrogens is 4. The minimum Gasteiger partial charge on any atom is -0.460 e. The fourth-order valence-electron chi connectivity index (χ4n) is 1.20. The van der Waals surface area contributed by atoms with Crippen LogP contribution in [0.3, 0.4) is 0 Å². The molecule has 0 amide bonds. The third-order valence-corrected chi connectivity index (χ3v) is 1.97. The fraction of sp³-hybridized carbons (Fsp3) is 0.200. The number of nitrogens with zero attached hydrogens (tertiary/aromatic N) is 3. The lowest BCUT2D eigenvalue weighted by Crippen LogP contribution is -2.06. The summed E-state index contributed by atoms with van der Waals surface area (Å²) >= 11 is 0. The SMILES string of the molecule is CCOC(=O)c1nc(-c2ccc(N)cn2)n[nH]1. The van der Waals surface area contributed by atoms with Crippen LogP contribution < -0.4 is 5.73 Å². The molecule has 2 aromatic heterocycles. The second-order valence-electron chi connectivity index (χ2n) is 3.20. The molecule has 0 saturated heterocycles. The molecule has 0 atom stereocenters. The number of esters is 1. The van der Waals surface area contributed by atoms with Gasteiger partial charge in [-0.15, -0.1) is 0 Å². The highest BCUT2D eigenvalue weighted by atomic mass is 16.5. The van der Waals surface area contributed by atoms with Gasteiger partial charge < -0.3 is 10.5 Å². The van der Waals surface area contributed by atoms with E-state index in [9.17, 15) is 4.79 Å². The second-order valence-corrected chi connectivity index (χ2v) is 3.20. The van der Waals surface area contributed by atoms with Crippen molar-refractivity contribution in [2.24, 2.45) is 0 Å². The van der Waals surface area contributed by atoms with Crippen molar-refractivity contribution in [3.63, 3.8) is 0 Å². The van der Waals surface area contributed by atoms with Gasteiger partial charge in [-0.25, -0.2) is 4.79 Å². The number of carbonyl (C=O) groups is 1. The van der Waals surface area contributed by atoms with Crippen molar-refractivity contribution in [3.8, 4) is 11.5 Å². The predicted octanol–water partition coefficient (Wildman–Crippen LogP) is 0.626. The van der Waals surface area contributed by atoms with Gasteiger partial charge in [0, 0.05) is 0 Å². The molecule has 0 aliphatic carbocycles. The minimum atomic E-state index is -0.540. The van der Waals surface area contributed by atoms with Crippen LogP contribution in [0.1, 0.15) is 17.5 Å². The molecule has 7 nitrogen and oxygen atoms in total. The highest BCUT2D eigenvalue weighted by Gasteiger charge is 2.14. The summed E-state index contributed by atoms with van der Waals surface area (Å²) < 4.78 is 4.78. The number of carbonyl (C=O) groups excluding carboxylic acids is 1. The van der Waals surface area contributed by atoms with Crippen LogP contribution in [0.5, 0.6) is 0 Å². The van der Waals surface area contributed by atoms with Crippen molar-refractivity contribution >= 4 is 11.7 Å². The van der Waals surface area contributed by atoms with Gasteiger partial charge in [0.05, 0.1) is 18.5 Å². The molecule has 3 N–H and O–H groups in total. The number of anilines is 1. The second kappa shape index (κ2) is 4.60. The van der Waals surface area contributed by atoms with E-state index < -0.39 is 5.97 Å². The van der Waals surface area contributed by atoms with E-state index in [1.54, 1.807) is 19.1 Å². The van der Waals surface area contributed by atoms with Crippen molar-refractivity contribution < 1.29 is 9.53 Å². The molecule has 0 aromatic carbocycles. The van der Waals surface area contributed by atoms with E-state index in [1.165, 1.54) is 6.20 Å². The summed E-state index contributed by atoms with van der Waals surface area (Å²) in [5.41, 5.74) is 6.60. The smallest absolute Gasteiger partial charge is 0.375 e. The quantitative estimate of drug-likeness (QED) is 0.753. The molecule has 2 rings (SSSR count). The van der Waals surface area contributed by atoms with Crippen LogP contribution in [-0.2, 0) is 4.74 Å². The van der Waals surface area contributed by atoms with E-state index in [4.69, 9.17) is 10.5 Å². The first-order valence-electron chi connectivity index (χ1n) is 5.02. The average Bonchev–Trinajstić information content (AvgIpc) is 2.80. The van der Waals surface area contributed by atoms with Gasteiger partial charge in [0.15, 0.2) is 5.82 Å². The molecule has 0 bridgehead atoms. The van der Waals surface area contributed by atoms with E-state index in [1.807, 2.05) is 0 Å². The normalized spacial score (nSPS) is 10.2. The lowest BCUT2D eigenvalue weighted by atomic mass is 10.3. The summed E-state index contributed by atoms with van der Waals surface area (Å²) in [4.78, 5) is 19.4. The maximum Gasteiger partial charge on any atom is 0.375 e. The van der Waals surface area contributed by atoms with E-state index >= 15 is 0 Å². The zero-order chi connectivity index (χ0) is 12.3. The summed E-state index contributed by atoms with van der Waals surface area (Å²) in [6, 6.07) is 3.36. The Bertz CT molecular complexity index is 520. The summed E-state index contributed by atoms with van der Waals surface area (Å²) in [5.74, 6) is -0.157. The molecule has 0 fully saturated rings. The molecule has 0 aliphatic heterocycles. The summed E-state index contributed by atoms with van der Waals surface area (Å²) in [6.45, 7) is 2.01. The van der Waals surface area contributed by atoms with Gasteiger partial charge in [0.1, 0.15) is 5.69 Å². The van der Waals surface area contributed by atoms with Crippen LogP contribution in [-0.4, -0.2) is 32.7 Å². The molecule has 0 aliphatic rings. The van der Waals surface area contributed by atoms with Crippen LogP contribution in [0.25, 0.3) is 11.5 Å². The first-order valence-corrected chi connectivity index (χ1v) is 5.02. The Balaban J connectivity index is 2.23. The highest BCUT2D eigenvalue weighted by Crippen LogP contribution is 2.12. The number of hydrogen-bond acceptors (Lipinski definition) is 6. The van der Waals surface area contributed by atoms with E-state index in [0.29, 0.717) is 17.2 Å². The number of nitrogens with one attached hydrogen (secondary N) is 1. The average molecular weight is 233 g/mol. The number of ether oxygens (including phenoxy) is 1. The van der Waals surface area contributed by atoms with Crippen molar-refractivity contribution in [2.45, 2.75) is 6.92 Å². The monoisotopic (exact) mass is 233 g/mol. The van der Waals surface area contributed by atoms with Gasteiger partial charge in [0.25, 0.3) is 0 Å². The summed E-state index contributed by atoms with van der Waals surface area (Å²) in [6.07, 6.45) is 1.50. The van der Waals surface area contributed by atoms with Crippen LogP contribution >= 0.6 is 0 Å². The van der Waals surface area contributed by atoms with Gasteiger partial charge in [-0.05, 0) is 19.1 Å². The Morgan fingerprint density at radius 1 is 1.53 bits per heavy atom. The summed E-state index contributed by atoms with van der Waals surface area (Å²) in [5, 5.41) is 6.38. The van der Waals surface area contributed by atoms with E-state index in [-0.39, 0.29) is 12.4 Å². The maximum absolute atomic E-state index is 11.3. The first-order chi connectivity index (χ1) is 8.20. The standard InChI is InChI=1S/C10H11N5O2/c1-2-17-10(16)9-13-8(14-15-9)7-4-3-6(11)5-12-7/h3-5H,2,11H2,1H3,(H,13,14,15). The highest BCUT2D eigenvalue weighted by molar-refractivity contribution is 5.85. The molecule has 0 radical (unpaired) electrons. The summed E-state index contributed by atoms with van der Waals surface area (Å²) in [7, 11) is 0. The number of H-pyrrole nitrogens is 1. The number of aromatic amines is 1. The van der Waals surface area contributed by atoms with Crippen LogP contribution in [0.4, 0.5) is 5.69 Å². The topological polar surface area (TPSA) is 107 Å². The Morgan fingerprint density at radius 3 is 3.00 bits per heavy atom. The molecule has 2 aromatic rings. The number of nitrogen functional groups attached to an aromatic ring is 1. The minimum absolute atomic E-state index is 0.0560. The zero-order valence-corrected chi connectivity index (χ0v) is 9.17. The van der Waals surface area contributed by atoms with Crippen LogP contribution in [0, 0.1) is 0 Å². The molecule has 17 heavy (non-hydrogen) atoms. The van der Waals surface area contributed by atoms with Crippen molar-refractivity contribution in [2.75, 3.05) is 12.3 Å². The third-order valence-electron chi connectivity index (χ3n) is 1.97. The molecular formula is C10H11N5O2. The van der Waals surface area contributed by atoms with Crippen LogP contribution in [0.15, 0.2) is 18.3 Å². The fourth-order valence-corrected chi connectivity index (χ4v) is 1.20. The molecule has 88 valence electrons. The molecule has 2 heterocycles. The molecule has 0 unspecified atom stereocenters. The predicted molar refractivity (Wildman–Crippen MR) is 60.0 cm³/mol. The molecule has 0 saturated carbocycles. The first kappa shape index (κ1) is 11.1. The maximum atomic E-state index is 11.3. The Kier molecular flexibility index (Phi) is 2.99. The van der Waals surface area contributed by atoms with Gasteiger partial charge in [-0.1, -0.05) is 0 Å². The lowest BCUT2D eigenvalue weighted by molar-refractivity contribution is 0.0512. The number of nitrogens with two attached hydrogens (primary N) is 1.